The average molecular weight is 239 g/mol. The van der Waals surface area contributed by atoms with Gasteiger partial charge in [-0.25, -0.2) is 0 Å². The highest BCUT2D eigenvalue weighted by molar-refractivity contribution is 7.99. The number of thioether (sulfide) groups is 1. The topological polar surface area (TPSA) is 29.9 Å². The van der Waals surface area contributed by atoms with Crippen LogP contribution in [0.2, 0.25) is 0 Å². The summed E-state index contributed by atoms with van der Waals surface area (Å²) in [4.78, 5) is 0. The van der Waals surface area contributed by atoms with E-state index in [-0.39, 0.29) is 0 Å². The molecule has 1 heterocycles. The predicted molar refractivity (Wildman–Crippen MR) is 69.8 cm³/mol. The van der Waals surface area contributed by atoms with E-state index in [0.717, 1.165) is 24.4 Å². The van der Waals surface area contributed by atoms with Crippen LogP contribution in [-0.4, -0.2) is 33.9 Å². The summed E-state index contributed by atoms with van der Waals surface area (Å²) >= 11 is 2.03. The molecule has 1 fully saturated rings. The molecule has 90 valence electrons. The van der Waals surface area contributed by atoms with Gasteiger partial charge in [-0.2, -0.15) is 16.9 Å². The molecule has 1 saturated carbocycles. The van der Waals surface area contributed by atoms with E-state index in [9.17, 15) is 0 Å². The molecule has 0 spiro atoms. The zero-order valence-electron chi connectivity index (χ0n) is 9.93. The summed E-state index contributed by atoms with van der Waals surface area (Å²) in [5.74, 6) is 0. The Morgan fingerprint density at radius 2 is 2.19 bits per heavy atom. The summed E-state index contributed by atoms with van der Waals surface area (Å²) in [5.41, 5.74) is 0. The fourth-order valence-corrected chi connectivity index (χ4v) is 3.06. The number of hydrogen-bond acceptors (Lipinski definition) is 3. The fraction of sp³-hybridized carbons (Fsp3) is 0.750. The Morgan fingerprint density at radius 1 is 1.38 bits per heavy atom. The molecule has 3 nitrogen and oxygen atoms in total. The quantitative estimate of drug-likeness (QED) is 0.854. The second kappa shape index (κ2) is 6.30. The Kier molecular flexibility index (Phi) is 4.72. The number of nitrogens with zero attached hydrogens (tertiary/aromatic N) is 2. The molecule has 0 unspecified atom stereocenters. The smallest absolute Gasteiger partial charge is 0.0534 e. The van der Waals surface area contributed by atoms with Crippen LogP contribution in [0.3, 0.4) is 0 Å². The van der Waals surface area contributed by atoms with Gasteiger partial charge in [-0.1, -0.05) is 0 Å². The number of rotatable bonds is 5. The van der Waals surface area contributed by atoms with Crippen LogP contribution in [0, 0.1) is 0 Å². The lowest BCUT2D eigenvalue weighted by Crippen LogP contribution is -2.35. The van der Waals surface area contributed by atoms with Gasteiger partial charge >= 0.3 is 0 Å². The van der Waals surface area contributed by atoms with E-state index < -0.39 is 0 Å². The highest BCUT2D eigenvalue weighted by Crippen LogP contribution is 2.26. The predicted octanol–water partition coefficient (Wildman–Crippen LogP) is 2.15. The zero-order chi connectivity index (χ0) is 11.2. The van der Waals surface area contributed by atoms with Crippen LogP contribution in [0.25, 0.3) is 0 Å². The van der Waals surface area contributed by atoms with Crippen molar-refractivity contribution in [2.45, 2.75) is 43.5 Å². The number of aromatic nitrogens is 2. The molecule has 0 saturated heterocycles. The van der Waals surface area contributed by atoms with Crippen molar-refractivity contribution in [2.24, 2.45) is 0 Å². The Bertz CT molecular complexity index is 278. The lowest BCUT2D eigenvalue weighted by Gasteiger charge is -2.28. The molecule has 2 rings (SSSR count). The fourth-order valence-electron chi connectivity index (χ4n) is 2.32. The molecule has 1 aromatic heterocycles. The summed E-state index contributed by atoms with van der Waals surface area (Å²) in [6, 6.07) is 2.71. The first-order valence-corrected chi connectivity index (χ1v) is 7.41. The van der Waals surface area contributed by atoms with Gasteiger partial charge in [0.15, 0.2) is 0 Å². The minimum Gasteiger partial charge on any atom is -0.312 e. The van der Waals surface area contributed by atoms with Crippen LogP contribution in [0.5, 0.6) is 0 Å². The Balaban J connectivity index is 1.60. The maximum absolute atomic E-state index is 4.20. The normalized spacial score (nSPS) is 25.8. The summed E-state index contributed by atoms with van der Waals surface area (Å²) in [7, 11) is 0. The Labute approximate surface area is 102 Å². The largest absolute Gasteiger partial charge is 0.312 e. The first-order valence-electron chi connectivity index (χ1n) is 6.12. The van der Waals surface area contributed by atoms with Crippen LogP contribution in [-0.2, 0) is 6.54 Å². The van der Waals surface area contributed by atoms with Crippen LogP contribution >= 0.6 is 11.8 Å². The summed E-state index contributed by atoms with van der Waals surface area (Å²) < 4.78 is 1.99. The molecule has 0 bridgehead atoms. The van der Waals surface area contributed by atoms with E-state index in [1.165, 1.54) is 25.7 Å². The molecule has 0 radical (unpaired) electrons. The monoisotopic (exact) mass is 239 g/mol. The second-order valence-corrected chi connectivity index (χ2v) is 5.57. The van der Waals surface area contributed by atoms with Gasteiger partial charge in [-0.15, -0.1) is 0 Å². The highest BCUT2D eigenvalue weighted by atomic mass is 32.2. The van der Waals surface area contributed by atoms with Gasteiger partial charge in [0.2, 0.25) is 0 Å². The Morgan fingerprint density at radius 3 is 2.81 bits per heavy atom. The first kappa shape index (κ1) is 12.0. The van der Waals surface area contributed by atoms with Crippen LogP contribution in [0.4, 0.5) is 0 Å². The zero-order valence-corrected chi connectivity index (χ0v) is 10.7. The third-order valence-electron chi connectivity index (χ3n) is 3.34. The van der Waals surface area contributed by atoms with E-state index in [1.807, 2.05) is 34.9 Å². The summed E-state index contributed by atoms with van der Waals surface area (Å²) in [6.45, 7) is 2.02. The maximum Gasteiger partial charge on any atom is 0.0534 e. The number of nitrogens with one attached hydrogen (secondary N) is 1. The van der Waals surface area contributed by atoms with Crippen LogP contribution in [0.1, 0.15) is 25.7 Å². The van der Waals surface area contributed by atoms with E-state index >= 15 is 0 Å². The summed E-state index contributed by atoms with van der Waals surface area (Å²) in [5, 5.41) is 8.74. The van der Waals surface area contributed by atoms with Crippen molar-refractivity contribution < 1.29 is 0 Å². The van der Waals surface area contributed by atoms with E-state index in [1.54, 1.807) is 0 Å². The van der Waals surface area contributed by atoms with Gasteiger partial charge in [0.1, 0.15) is 0 Å². The molecule has 1 N–H and O–H groups in total. The molecule has 0 aromatic carbocycles. The van der Waals surface area contributed by atoms with Crippen molar-refractivity contribution in [2.75, 3.05) is 12.8 Å². The molecule has 1 aromatic rings. The van der Waals surface area contributed by atoms with Gasteiger partial charge in [0.25, 0.3) is 0 Å². The highest BCUT2D eigenvalue weighted by Gasteiger charge is 2.19. The maximum atomic E-state index is 4.20. The number of hydrogen-bond donors (Lipinski definition) is 1. The van der Waals surface area contributed by atoms with E-state index in [4.69, 9.17) is 0 Å². The van der Waals surface area contributed by atoms with Crippen molar-refractivity contribution in [3.63, 3.8) is 0 Å². The molecule has 1 aliphatic rings. The molecule has 4 heteroatoms. The van der Waals surface area contributed by atoms with Gasteiger partial charge in [0.05, 0.1) is 6.54 Å². The SMILES string of the molecule is CSC1CCC(NCCn2cccn2)CC1. The van der Waals surface area contributed by atoms with Crippen molar-refractivity contribution in [1.82, 2.24) is 15.1 Å². The van der Waals surface area contributed by atoms with E-state index in [2.05, 4.69) is 16.7 Å². The second-order valence-electron chi connectivity index (χ2n) is 4.43. The van der Waals surface area contributed by atoms with Gasteiger partial charge in [0, 0.05) is 30.2 Å². The molecule has 1 aliphatic carbocycles. The van der Waals surface area contributed by atoms with Crippen molar-refractivity contribution in [1.29, 1.82) is 0 Å². The standard InChI is InChI=1S/C12H21N3S/c1-16-12-5-3-11(4-6-12)13-8-10-15-9-2-7-14-15/h2,7,9,11-13H,3-6,8,10H2,1H3. The molecule has 0 aliphatic heterocycles. The molecular formula is C12H21N3S. The Hall–Kier alpha value is -0.480. The average Bonchev–Trinajstić information content (AvgIpc) is 2.83. The van der Waals surface area contributed by atoms with Crippen molar-refractivity contribution >= 4 is 11.8 Å². The van der Waals surface area contributed by atoms with E-state index in [0.29, 0.717) is 0 Å². The van der Waals surface area contributed by atoms with Crippen molar-refractivity contribution in [3.05, 3.63) is 18.5 Å². The van der Waals surface area contributed by atoms with Gasteiger partial charge in [-0.05, 0) is 38.0 Å². The van der Waals surface area contributed by atoms with Gasteiger partial charge < -0.3 is 5.32 Å². The third kappa shape index (κ3) is 3.52. The van der Waals surface area contributed by atoms with Gasteiger partial charge in [-0.3, -0.25) is 4.68 Å². The lowest BCUT2D eigenvalue weighted by atomic mass is 9.95. The third-order valence-corrected chi connectivity index (χ3v) is 4.48. The minimum atomic E-state index is 0.735. The van der Waals surface area contributed by atoms with Crippen LogP contribution in [0.15, 0.2) is 18.5 Å². The molecule has 16 heavy (non-hydrogen) atoms. The first-order chi connectivity index (χ1) is 7.88. The molecule has 0 atom stereocenters. The molecule has 0 amide bonds. The lowest BCUT2D eigenvalue weighted by molar-refractivity contribution is 0.370. The van der Waals surface area contributed by atoms with Crippen molar-refractivity contribution in [3.8, 4) is 0 Å². The summed E-state index contributed by atoms with van der Waals surface area (Å²) in [6.07, 6.45) is 11.5. The minimum absolute atomic E-state index is 0.735. The molecular weight excluding hydrogens is 218 g/mol. The van der Waals surface area contributed by atoms with Crippen LogP contribution < -0.4 is 5.32 Å².